The molecule has 0 atom stereocenters. The van der Waals surface area contributed by atoms with E-state index < -0.39 is 0 Å². The molecule has 2 N–H and O–H groups in total. The maximum absolute atomic E-state index is 11.4. The lowest BCUT2D eigenvalue weighted by molar-refractivity contribution is 0.929. The number of aromatic amines is 2. The molecule has 3 nitrogen and oxygen atoms in total. The van der Waals surface area contributed by atoms with Crippen molar-refractivity contribution in [1.29, 1.82) is 0 Å². The Morgan fingerprint density at radius 1 is 1.31 bits per heavy atom. The molecule has 0 amide bonds. The van der Waals surface area contributed by atoms with Crippen LogP contribution in [0.5, 0.6) is 0 Å². The molecule has 0 aliphatic carbocycles. The number of fused-ring (bicyclic) bond motifs is 1. The molecule has 0 radical (unpaired) electrons. The average molecular weight is 176 g/mol. The van der Waals surface area contributed by atoms with Gasteiger partial charge in [-0.15, -0.1) is 0 Å². The Labute approximate surface area is 75.8 Å². The minimum atomic E-state index is -0.0148. The van der Waals surface area contributed by atoms with Crippen molar-refractivity contribution < 1.29 is 0 Å². The topological polar surface area (TPSA) is 48.6 Å². The molecule has 0 aliphatic heterocycles. The Hall–Kier alpha value is -1.51. The van der Waals surface area contributed by atoms with E-state index in [0.29, 0.717) is 0 Å². The Bertz CT molecular complexity index is 467. The Morgan fingerprint density at radius 3 is 2.92 bits per heavy atom. The summed E-state index contributed by atoms with van der Waals surface area (Å²) >= 11 is 0. The van der Waals surface area contributed by atoms with Crippen LogP contribution in [0.1, 0.15) is 18.9 Å². The van der Waals surface area contributed by atoms with E-state index in [1.165, 1.54) is 0 Å². The highest BCUT2D eigenvalue weighted by molar-refractivity contribution is 5.81. The van der Waals surface area contributed by atoms with Crippen molar-refractivity contribution in [2.75, 3.05) is 0 Å². The fourth-order valence-electron chi connectivity index (χ4n) is 1.64. The van der Waals surface area contributed by atoms with Crippen molar-refractivity contribution in [3.63, 3.8) is 0 Å². The summed E-state index contributed by atoms with van der Waals surface area (Å²) in [6, 6.07) is 5.89. The number of rotatable bonds is 2. The molecule has 68 valence electrons. The van der Waals surface area contributed by atoms with E-state index in [1.54, 1.807) is 0 Å². The van der Waals surface area contributed by atoms with Gasteiger partial charge in [0.15, 0.2) is 0 Å². The fourth-order valence-corrected chi connectivity index (χ4v) is 1.64. The van der Waals surface area contributed by atoms with Crippen LogP contribution in [0.25, 0.3) is 10.9 Å². The summed E-state index contributed by atoms with van der Waals surface area (Å²) in [5.41, 5.74) is 2.01. The van der Waals surface area contributed by atoms with Gasteiger partial charge in [-0.1, -0.05) is 25.5 Å². The highest BCUT2D eigenvalue weighted by Gasteiger charge is 2.04. The molecule has 13 heavy (non-hydrogen) atoms. The van der Waals surface area contributed by atoms with E-state index in [0.717, 1.165) is 29.3 Å². The quantitative estimate of drug-likeness (QED) is 0.720. The molecule has 0 unspecified atom stereocenters. The molecule has 1 aromatic carbocycles. The lowest BCUT2D eigenvalue weighted by Gasteiger charge is -1.97. The fraction of sp³-hybridized carbons (Fsp3) is 0.300. The number of H-pyrrole nitrogens is 2. The minimum absolute atomic E-state index is 0.0148. The molecule has 3 heteroatoms. The molecular weight excluding hydrogens is 164 g/mol. The highest BCUT2D eigenvalue weighted by Crippen LogP contribution is 2.13. The number of hydrogen-bond acceptors (Lipinski definition) is 1. The number of aromatic nitrogens is 2. The van der Waals surface area contributed by atoms with Crippen LogP contribution in [0.2, 0.25) is 0 Å². The van der Waals surface area contributed by atoms with Gasteiger partial charge in [0.1, 0.15) is 0 Å². The van der Waals surface area contributed by atoms with Crippen LogP contribution in [0, 0.1) is 0 Å². The predicted molar refractivity (Wildman–Crippen MR) is 52.9 cm³/mol. The van der Waals surface area contributed by atoms with Crippen molar-refractivity contribution in [1.82, 2.24) is 10.2 Å². The summed E-state index contributed by atoms with van der Waals surface area (Å²) in [6.45, 7) is 2.11. The molecule has 0 saturated carbocycles. The molecule has 0 aliphatic rings. The molecule has 1 heterocycles. The number of aryl methyl sites for hydroxylation is 1. The van der Waals surface area contributed by atoms with Crippen molar-refractivity contribution in [2.45, 2.75) is 19.8 Å². The Morgan fingerprint density at radius 2 is 2.15 bits per heavy atom. The van der Waals surface area contributed by atoms with E-state index in [4.69, 9.17) is 0 Å². The van der Waals surface area contributed by atoms with Crippen molar-refractivity contribution in [3.05, 3.63) is 34.1 Å². The molecule has 0 fully saturated rings. The first-order valence-corrected chi connectivity index (χ1v) is 4.51. The van der Waals surface area contributed by atoms with Gasteiger partial charge in [0.05, 0.1) is 10.9 Å². The van der Waals surface area contributed by atoms with Gasteiger partial charge in [-0.3, -0.25) is 15.0 Å². The zero-order valence-corrected chi connectivity index (χ0v) is 7.55. The van der Waals surface area contributed by atoms with Gasteiger partial charge in [0, 0.05) is 0 Å². The van der Waals surface area contributed by atoms with Crippen molar-refractivity contribution >= 4 is 10.9 Å². The molecular formula is C10H12N2O. The Balaban J connectivity index is 2.73. The summed E-state index contributed by atoms with van der Waals surface area (Å²) in [5, 5.41) is 6.25. The molecule has 0 saturated heterocycles. The van der Waals surface area contributed by atoms with Crippen LogP contribution in [0.3, 0.4) is 0 Å². The first kappa shape index (κ1) is 8.10. The van der Waals surface area contributed by atoms with Gasteiger partial charge in [0.25, 0.3) is 5.56 Å². The van der Waals surface area contributed by atoms with Crippen LogP contribution in [0.15, 0.2) is 23.0 Å². The smallest absolute Gasteiger partial charge is 0.272 e. The van der Waals surface area contributed by atoms with E-state index >= 15 is 0 Å². The van der Waals surface area contributed by atoms with Crippen molar-refractivity contribution in [3.8, 4) is 0 Å². The first-order chi connectivity index (χ1) is 6.33. The minimum Gasteiger partial charge on any atom is -0.298 e. The molecule has 0 bridgehead atoms. The van der Waals surface area contributed by atoms with Crippen LogP contribution < -0.4 is 5.56 Å². The second-order valence-electron chi connectivity index (χ2n) is 3.17. The van der Waals surface area contributed by atoms with Crippen LogP contribution in [-0.4, -0.2) is 10.2 Å². The normalized spacial score (nSPS) is 10.8. The monoisotopic (exact) mass is 176 g/mol. The standard InChI is InChI=1S/C10H12N2O/c1-2-4-7-5-3-6-8-9(7)10(13)12-11-8/h3,5-6H,2,4H2,1H3,(H2,11,12,13). The third kappa shape index (κ3) is 1.26. The van der Waals surface area contributed by atoms with Crippen LogP contribution >= 0.6 is 0 Å². The van der Waals surface area contributed by atoms with Gasteiger partial charge >= 0.3 is 0 Å². The maximum Gasteiger partial charge on any atom is 0.272 e. The lowest BCUT2D eigenvalue weighted by Crippen LogP contribution is -2.00. The number of nitrogens with one attached hydrogen (secondary N) is 2. The maximum atomic E-state index is 11.4. The average Bonchev–Trinajstić information content (AvgIpc) is 2.50. The summed E-state index contributed by atoms with van der Waals surface area (Å²) in [5.74, 6) is 0. The van der Waals surface area contributed by atoms with E-state index in [-0.39, 0.29) is 5.56 Å². The van der Waals surface area contributed by atoms with Gasteiger partial charge < -0.3 is 0 Å². The third-order valence-corrected chi connectivity index (χ3v) is 2.21. The van der Waals surface area contributed by atoms with E-state index in [2.05, 4.69) is 17.1 Å². The van der Waals surface area contributed by atoms with Crippen molar-refractivity contribution in [2.24, 2.45) is 0 Å². The van der Waals surface area contributed by atoms with Gasteiger partial charge in [-0.2, -0.15) is 0 Å². The third-order valence-electron chi connectivity index (χ3n) is 2.21. The molecule has 1 aromatic heterocycles. The summed E-state index contributed by atoms with van der Waals surface area (Å²) in [7, 11) is 0. The second-order valence-corrected chi connectivity index (χ2v) is 3.17. The zero-order chi connectivity index (χ0) is 9.26. The highest BCUT2D eigenvalue weighted by atomic mass is 16.1. The van der Waals surface area contributed by atoms with Gasteiger partial charge in [-0.25, -0.2) is 0 Å². The van der Waals surface area contributed by atoms with E-state index in [1.807, 2.05) is 18.2 Å². The summed E-state index contributed by atoms with van der Waals surface area (Å²) in [4.78, 5) is 11.4. The van der Waals surface area contributed by atoms with Gasteiger partial charge in [-0.05, 0) is 18.1 Å². The first-order valence-electron chi connectivity index (χ1n) is 4.51. The van der Waals surface area contributed by atoms with Crippen LogP contribution in [-0.2, 0) is 6.42 Å². The lowest BCUT2D eigenvalue weighted by atomic mass is 10.1. The van der Waals surface area contributed by atoms with Crippen LogP contribution in [0.4, 0.5) is 0 Å². The second kappa shape index (κ2) is 3.09. The summed E-state index contributed by atoms with van der Waals surface area (Å²) < 4.78 is 0. The molecule has 2 rings (SSSR count). The predicted octanol–water partition coefficient (Wildman–Crippen LogP) is 1.81. The van der Waals surface area contributed by atoms with E-state index in [9.17, 15) is 4.79 Å². The number of hydrogen-bond donors (Lipinski definition) is 2. The van der Waals surface area contributed by atoms with Gasteiger partial charge in [0.2, 0.25) is 0 Å². The molecule has 2 aromatic rings. The zero-order valence-electron chi connectivity index (χ0n) is 7.55. The summed E-state index contributed by atoms with van der Waals surface area (Å²) in [6.07, 6.45) is 2.02. The SMILES string of the molecule is CCCc1cccc2[nH][nH]c(=O)c12. The molecule has 0 spiro atoms. The number of benzene rings is 1. The largest absolute Gasteiger partial charge is 0.298 e. The Kier molecular flexibility index (Phi) is 1.93.